The fourth-order valence-corrected chi connectivity index (χ4v) is 1.50. The van der Waals surface area contributed by atoms with Crippen molar-refractivity contribution in [3.63, 3.8) is 0 Å². The second-order valence-electron chi connectivity index (χ2n) is 3.09. The second-order valence-corrected chi connectivity index (χ2v) is 3.09. The summed E-state index contributed by atoms with van der Waals surface area (Å²) in [5.74, 6) is 0.199. The van der Waals surface area contributed by atoms with Gasteiger partial charge in [-0.3, -0.25) is 4.79 Å². The van der Waals surface area contributed by atoms with E-state index >= 15 is 0 Å². The molecular weight excluding hydrogens is 176 g/mol. The van der Waals surface area contributed by atoms with Crippen LogP contribution in [0.5, 0.6) is 0 Å². The van der Waals surface area contributed by atoms with Crippen LogP contribution in [0.2, 0.25) is 0 Å². The SMILES string of the molecule is CN[C@H]1CCCN(C(C)=O)C1.Cl. The van der Waals surface area contributed by atoms with Crippen LogP contribution in [0.15, 0.2) is 0 Å². The van der Waals surface area contributed by atoms with E-state index < -0.39 is 0 Å². The first-order chi connectivity index (χ1) is 5.24. The Balaban J connectivity index is 0.00000121. The van der Waals surface area contributed by atoms with Crippen molar-refractivity contribution in [2.24, 2.45) is 0 Å². The highest BCUT2D eigenvalue weighted by Gasteiger charge is 2.19. The minimum absolute atomic E-state index is 0. The zero-order valence-corrected chi connectivity index (χ0v) is 8.49. The Kier molecular flexibility index (Phi) is 5.25. The molecule has 1 fully saturated rings. The van der Waals surface area contributed by atoms with Crippen LogP contribution in [0.1, 0.15) is 19.8 Å². The standard InChI is InChI=1S/C8H16N2O.ClH/c1-7(11)10-5-3-4-8(6-10)9-2;/h8-9H,3-6H2,1-2H3;1H/t8-;/m0./s1. The normalized spacial score (nSPS) is 23.2. The van der Waals surface area contributed by atoms with Crippen LogP contribution in [0.25, 0.3) is 0 Å². The van der Waals surface area contributed by atoms with Crippen LogP contribution in [0, 0.1) is 0 Å². The number of amides is 1. The summed E-state index contributed by atoms with van der Waals surface area (Å²) < 4.78 is 0. The lowest BCUT2D eigenvalue weighted by Crippen LogP contribution is -2.46. The number of rotatable bonds is 1. The van der Waals surface area contributed by atoms with Crippen LogP contribution in [0.3, 0.4) is 0 Å². The van der Waals surface area contributed by atoms with E-state index in [-0.39, 0.29) is 18.3 Å². The highest BCUT2D eigenvalue weighted by Crippen LogP contribution is 2.09. The summed E-state index contributed by atoms with van der Waals surface area (Å²) in [6, 6.07) is 0.507. The summed E-state index contributed by atoms with van der Waals surface area (Å²) in [6.07, 6.45) is 2.32. The molecule has 3 nitrogen and oxygen atoms in total. The van der Waals surface area contributed by atoms with Crippen molar-refractivity contribution in [3.8, 4) is 0 Å². The van der Waals surface area contributed by atoms with Crippen LogP contribution < -0.4 is 5.32 Å². The molecule has 0 bridgehead atoms. The molecule has 0 aromatic heterocycles. The molecule has 1 saturated heterocycles. The van der Waals surface area contributed by atoms with E-state index in [4.69, 9.17) is 0 Å². The van der Waals surface area contributed by atoms with E-state index in [1.165, 1.54) is 6.42 Å². The predicted molar refractivity (Wildman–Crippen MR) is 51.6 cm³/mol. The van der Waals surface area contributed by atoms with Crippen molar-refractivity contribution >= 4 is 18.3 Å². The Morgan fingerprint density at radius 3 is 2.75 bits per heavy atom. The molecule has 0 saturated carbocycles. The molecule has 1 rings (SSSR count). The second kappa shape index (κ2) is 5.38. The van der Waals surface area contributed by atoms with Gasteiger partial charge in [0.05, 0.1) is 0 Å². The topological polar surface area (TPSA) is 32.3 Å². The lowest BCUT2D eigenvalue weighted by Gasteiger charge is -2.31. The summed E-state index contributed by atoms with van der Waals surface area (Å²) in [5.41, 5.74) is 0. The number of nitrogens with zero attached hydrogens (tertiary/aromatic N) is 1. The monoisotopic (exact) mass is 192 g/mol. The van der Waals surface area contributed by atoms with Crippen molar-refractivity contribution in [2.45, 2.75) is 25.8 Å². The smallest absolute Gasteiger partial charge is 0.219 e. The van der Waals surface area contributed by atoms with Gasteiger partial charge in [-0.2, -0.15) is 0 Å². The maximum atomic E-state index is 11.0. The molecule has 1 atom stereocenters. The molecule has 1 amide bonds. The fourth-order valence-electron chi connectivity index (χ4n) is 1.50. The van der Waals surface area contributed by atoms with Gasteiger partial charge in [-0.1, -0.05) is 0 Å². The lowest BCUT2D eigenvalue weighted by molar-refractivity contribution is -0.130. The zero-order valence-electron chi connectivity index (χ0n) is 7.67. The van der Waals surface area contributed by atoms with E-state index in [0.29, 0.717) is 6.04 Å². The van der Waals surface area contributed by atoms with Gasteiger partial charge in [0.25, 0.3) is 0 Å². The predicted octanol–water partition coefficient (Wildman–Crippen LogP) is 0.638. The molecule has 0 spiro atoms. The number of piperidine rings is 1. The number of carbonyl (C=O) groups excluding carboxylic acids is 1. The number of nitrogens with one attached hydrogen (secondary N) is 1. The minimum atomic E-state index is 0. The molecule has 0 radical (unpaired) electrons. The van der Waals surface area contributed by atoms with Gasteiger partial charge in [-0.15, -0.1) is 12.4 Å². The Hall–Kier alpha value is -0.280. The first-order valence-electron chi connectivity index (χ1n) is 4.17. The largest absolute Gasteiger partial charge is 0.341 e. The molecule has 1 N–H and O–H groups in total. The van der Waals surface area contributed by atoms with Crippen molar-refractivity contribution in [1.29, 1.82) is 0 Å². The van der Waals surface area contributed by atoms with E-state index in [1.807, 2.05) is 11.9 Å². The number of likely N-dealkylation sites (tertiary alicyclic amines) is 1. The number of halogens is 1. The molecule has 12 heavy (non-hydrogen) atoms. The van der Waals surface area contributed by atoms with Crippen molar-refractivity contribution in [2.75, 3.05) is 20.1 Å². The average Bonchev–Trinajstić information content (AvgIpc) is 2.05. The van der Waals surface area contributed by atoms with Gasteiger partial charge < -0.3 is 10.2 Å². The summed E-state index contributed by atoms with van der Waals surface area (Å²) in [4.78, 5) is 12.9. The molecular formula is C8H17ClN2O. The number of likely N-dealkylation sites (N-methyl/N-ethyl adjacent to an activating group) is 1. The molecule has 0 aliphatic carbocycles. The maximum Gasteiger partial charge on any atom is 0.219 e. The number of hydrogen-bond donors (Lipinski definition) is 1. The van der Waals surface area contributed by atoms with Crippen molar-refractivity contribution in [3.05, 3.63) is 0 Å². The number of carbonyl (C=O) groups is 1. The zero-order chi connectivity index (χ0) is 8.27. The van der Waals surface area contributed by atoms with Gasteiger partial charge in [-0.25, -0.2) is 0 Å². The Bertz CT molecular complexity index is 152. The van der Waals surface area contributed by atoms with Crippen molar-refractivity contribution in [1.82, 2.24) is 10.2 Å². The highest BCUT2D eigenvalue weighted by molar-refractivity contribution is 5.85. The van der Waals surface area contributed by atoms with E-state index in [0.717, 1.165) is 19.5 Å². The quantitative estimate of drug-likeness (QED) is 0.662. The molecule has 0 aromatic carbocycles. The Morgan fingerprint density at radius 2 is 2.25 bits per heavy atom. The van der Waals surface area contributed by atoms with Crippen LogP contribution >= 0.6 is 12.4 Å². The third kappa shape index (κ3) is 2.99. The van der Waals surface area contributed by atoms with E-state index in [2.05, 4.69) is 5.32 Å². The van der Waals surface area contributed by atoms with Crippen molar-refractivity contribution < 1.29 is 4.79 Å². The van der Waals surface area contributed by atoms with E-state index in [9.17, 15) is 4.79 Å². The molecule has 1 heterocycles. The molecule has 1 aliphatic heterocycles. The maximum absolute atomic E-state index is 11.0. The first kappa shape index (κ1) is 11.7. The van der Waals surface area contributed by atoms with Gasteiger partial charge in [-0.05, 0) is 19.9 Å². The molecule has 4 heteroatoms. The lowest BCUT2D eigenvalue weighted by atomic mass is 10.1. The Labute approximate surface area is 79.9 Å². The number of hydrogen-bond acceptors (Lipinski definition) is 2. The molecule has 0 aromatic rings. The van der Waals surface area contributed by atoms with Gasteiger partial charge >= 0.3 is 0 Å². The molecule has 0 unspecified atom stereocenters. The highest BCUT2D eigenvalue weighted by atomic mass is 35.5. The van der Waals surface area contributed by atoms with Crippen LogP contribution in [-0.2, 0) is 4.79 Å². The summed E-state index contributed by atoms with van der Waals surface area (Å²) in [5, 5.41) is 3.19. The summed E-state index contributed by atoms with van der Waals surface area (Å²) in [6.45, 7) is 3.46. The first-order valence-corrected chi connectivity index (χ1v) is 4.17. The molecule has 1 aliphatic rings. The van der Waals surface area contributed by atoms with Crippen LogP contribution in [0.4, 0.5) is 0 Å². The fraction of sp³-hybridized carbons (Fsp3) is 0.875. The summed E-state index contributed by atoms with van der Waals surface area (Å²) in [7, 11) is 1.95. The third-order valence-corrected chi connectivity index (χ3v) is 2.27. The van der Waals surface area contributed by atoms with Gasteiger partial charge in [0.1, 0.15) is 0 Å². The third-order valence-electron chi connectivity index (χ3n) is 2.27. The van der Waals surface area contributed by atoms with E-state index in [1.54, 1.807) is 6.92 Å². The Morgan fingerprint density at radius 1 is 1.58 bits per heavy atom. The minimum Gasteiger partial charge on any atom is -0.341 e. The van der Waals surface area contributed by atoms with Gasteiger partial charge in [0.15, 0.2) is 0 Å². The van der Waals surface area contributed by atoms with Gasteiger partial charge in [0.2, 0.25) is 5.91 Å². The van der Waals surface area contributed by atoms with Gasteiger partial charge in [0, 0.05) is 26.1 Å². The summed E-state index contributed by atoms with van der Waals surface area (Å²) >= 11 is 0. The van der Waals surface area contributed by atoms with Crippen LogP contribution in [-0.4, -0.2) is 37.0 Å². The molecule has 72 valence electrons. The average molecular weight is 193 g/mol.